The molecule has 1 fully saturated rings. The van der Waals surface area contributed by atoms with Gasteiger partial charge in [0, 0.05) is 5.56 Å². The second-order valence-corrected chi connectivity index (χ2v) is 7.72. The molecule has 168 valence electrons. The number of hydrogen-bond acceptors (Lipinski definition) is 6. The van der Waals surface area contributed by atoms with Crippen LogP contribution in [0.15, 0.2) is 78.4 Å². The Hall–Kier alpha value is -4.92. The number of imidazole rings is 1. The second kappa shape index (κ2) is 7.89. The van der Waals surface area contributed by atoms with Gasteiger partial charge in [-0.25, -0.2) is 9.78 Å². The summed E-state index contributed by atoms with van der Waals surface area (Å²) in [5.74, 6) is -3.26. The predicted octanol–water partition coefficient (Wildman–Crippen LogP) is 3.59. The lowest BCUT2D eigenvalue weighted by atomic mass is 9.95. The summed E-state index contributed by atoms with van der Waals surface area (Å²) in [6, 6.07) is 17.5. The van der Waals surface area contributed by atoms with Crippen LogP contribution < -0.4 is 4.90 Å². The van der Waals surface area contributed by atoms with Crippen LogP contribution in [0.4, 0.5) is 5.95 Å². The first-order valence-corrected chi connectivity index (χ1v) is 10.2. The van der Waals surface area contributed by atoms with E-state index < -0.39 is 23.7 Å². The number of aromatic hydroxyl groups is 1. The van der Waals surface area contributed by atoms with E-state index in [0.29, 0.717) is 22.2 Å². The van der Waals surface area contributed by atoms with Crippen molar-refractivity contribution < 1.29 is 29.7 Å². The molecule has 1 aliphatic heterocycles. The number of amides is 1. The Morgan fingerprint density at radius 2 is 1.62 bits per heavy atom. The third-order valence-electron chi connectivity index (χ3n) is 5.64. The largest absolute Gasteiger partial charge is 0.508 e. The first kappa shape index (κ1) is 21.0. The number of aliphatic hydroxyl groups excluding tert-OH is 1. The lowest BCUT2D eigenvalue weighted by Gasteiger charge is -2.23. The molecule has 9 nitrogen and oxygen atoms in total. The van der Waals surface area contributed by atoms with E-state index >= 15 is 0 Å². The van der Waals surface area contributed by atoms with Crippen molar-refractivity contribution in [2.24, 2.45) is 0 Å². The molecule has 4 N–H and O–H groups in total. The summed E-state index contributed by atoms with van der Waals surface area (Å²) in [6.45, 7) is 0. The number of carbonyl (C=O) groups is 3. The average Bonchev–Trinajstić information content (AvgIpc) is 3.37. The SMILES string of the molecule is O=C1C(=O)N(c2nc3ccc(C(=O)O)cc3[nH]2)C(c2ccc(O)cc2)/C1=C(\O)c1ccccc1. The second-order valence-electron chi connectivity index (χ2n) is 7.72. The molecule has 0 saturated carbocycles. The standard InChI is InChI=1S/C25H17N3O6/c29-16-9-6-13(7-10-16)20-19(21(30)14-4-2-1-3-5-14)22(31)23(32)28(20)25-26-17-11-8-15(24(33)34)12-18(17)27-25/h1-12,20,29-30H,(H,26,27)(H,33,34)/b21-19+. The highest BCUT2D eigenvalue weighted by Gasteiger charge is 2.48. The van der Waals surface area contributed by atoms with Gasteiger partial charge in [0.25, 0.3) is 5.78 Å². The van der Waals surface area contributed by atoms with Gasteiger partial charge in [0.1, 0.15) is 11.5 Å². The highest BCUT2D eigenvalue weighted by molar-refractivity contribution is 6.51. The van der Waals surface area contributed by atoms with Gasteiger partial charge in [-0.15, -0.1) is 0 Å². The molecular formula is C25H17N3O6. The molecule has 5 rings (SSSR count). The molecule has 34 heavy (non-hydrogen) atoms. The number of H-pyrrole nitrogens is 1. The van der Waals surface area contributed by atoms with E-state index in [1.165, 1.54) is 30.3 Å². The van der Waals surface area contributed by atoms with Crippen molar-refractivity contribution in [1.29, 1.82) is 0 Å². The number of carboxylic acids is 1. The van der Waals surface area contributed by atoms with Crippen molar-refractivity contribution >= 4 is 40.4 Å². The number of phenolic OH excluding ortho intramolecular Hbond substituents is 1. The van der Waals surface area contributed by atoms with Crippen molar-refractivity contribution in [2.75, 3.05) is 4.90 Å². The molecule has 1 aromatic heterocycles. The molecule has 1 saturated heterocycles. The maximum Gasteiger partial charge on any atom is 0.335 e. The Morgan fingerprint density at radius 3 is 2.29 bits per heavy atom. The number of aromatic amines is 1. The fourth-order valence-corrected chi connectivity index (χ4v) is 4.02. The topological polar surface area (TPSA) is 144 Å². The van der Waals surface area contributed by atoms with Gasteiger partial charge >= 0.3 is 11.9 Å². The minimum atomic E-state index is -1.12. The Morgan fingerprint density at radius 1 is 0.912 bits per heavy atom. The first-order chi connectivity index (χ1) is 16.3. The van der Waals surface area contributed by atoms with E-state index in [1.807, 2.05) is 0 Å². The summed E-state index contributed by atoms with van der Waals surface area (Å²) in [5.41, 5.74) is 1.48. The number of Topliss-reactive ketones (excluding diaryl/α,β-unsaturated/α-hetero) is 1. The van der Waals surface area contributed by atoms with Crippen molar-refractivity contribution in [3.05, 3.63) is 95.1 Å². The van der Waals surface area contributed by atoms with E-state index in [1.54, 1.807) is 42.5 Å². The number of phenols is 1. The number of hydrogen-bond donors (Lipinski definition) is 4. The molecule has 4 aromatic rings. The zero-order valence-electron chi connectivity index (χ0n) is 17.5. The number of rotatable bonds is 4. The fraction of sp³-hybridized carbons (Fsp3) is 0.0400. The van der Waals surface area contributed by atoms with Gasteiger partial charge in [0.05, 0.1) is 28.2 Å². The van der Waals surface area contributed by atoms with E-state index in [4.69, 9.17) is 0 Å². The quantitative estimate of drug-likeness (QED) is 0.209. The number of fused-ring (bicyclic) bond motifs is 1. The number of ketones is 1. The van der Waals surface area contributed by atoms with Gasteiger partial charge < -0.3 is 20.3 Å². The lowest BCUT2D eigenvalue weighted by Crippen LogP contribution is -2.30. The third kappa shape index (κ3) is 3.36. The van der Waals surface area contributed by atoms with Gasteiger partial charge in [-0.05, 0) is 35.9 Å². The van der Waals surface area contributed by atoms with E-state index in [0.717, 1.165) is 4.90 Å². The molecule has 0 spiro atoms. The number of aromatic carboxylic acids is 1. The molecule has 0 radical (unpaired) electrons. The molecule has 1 amide bonds. The van der Waals surface area contributed by atoms with Crippen LogP contribution in [0.3, 0.4) is 0 Å². The number of nitrogens with one attached hydrogen (secondary N) is 1. The van der Waals surface area contributed by atoms with Gasteiger partial charge in [0.15, 0.2) is 0 Å². The van der Waals surface area contributed by atoms with E-state index in [-0.39, 0.29) is 28.6 Å². The monoisotopic (exact) mass is 455 g/mol. The number of aliphatic hydroxyl groups is 1. The molecule has 0 aliphatic carbocycles. The van der Waals surface area contributed by atoms with E-state index in [2.05, 4.69) is 9.97 Å². The molecule has 9 heteroatoms. The smallest absolute Gasteiger partial charge is 0.335 e. The van der Waals surface area contributed by atoms with Crippen LogP contribution in [0, 0.1) is 0 Å². The van der Waals surface area contributed by atoms with E-state index in [9.17, 15) is 29.7 Å². The number of anilines is 1. The third-order valence-corrected chi connectivity index (χ3v) is 5.64. The molecule has 1 unspecified atom stereocenters. The normalized spacial score (nSPS) is 17.4. The van der Waals surface area contributed by atoms with Crippen LogP contribution in [0.5, 0.6) is 5.75 Å². The molecule has 0 bridgehead atoms. The van der Waals surface area contributed by atoms with Crippen LogP contribution in [0.25, 0.3) is 16.8 Å². The zero-order chi connectivity index (χ0) is 24.0. The minimum Gasteiger partial charge on any atom is -0.508 e. The highest BCUT2D eigenvalue weighted by Crippen LogP contribution is 2.42. The van der Waals surface area contributed by atoms with Crippen LogP contribution in [-0.4, -0.2) is 42.9 Å². The van der Waals surface area contributed by atoms with Gasteiger partial charge in [-0.3, -0.25) is 14.5 Å². The maximum atomic E-state index is 13.2. The minimum absolute atomic E-state index is 0.00584. The fourth-order valence-electron chi connectivity index (χ4n) is 4.02. The maximum absolute atomic E-state index is 13.2. The summed E-state index contributed by atoms with van der Waals surface area (Å²) in [6.07, 6.45) is 0. The summed E-state index contributed by atoms with van der Waals surface area (Å²) in [4.78, 5) is 46.1. The van der Waals surface area contributed by atoms with Gasteiger partial charge in [-0.1, -0.05) is 42.5 Å². The Balaban J connectivity index is 1.72. The van der Waals surface area contributed by atoms with Crippen molar-refractivity contribution in [2.45, 2.75) is 6.04 Å². The number of aromatic nitrogens is 2. The van der Waals surface area contributed by atoms with Crippen LogP contribution >= 0.6 is 0 Å². The summed E-state index contributed by atoms with van der Waals surface area (Å²) < 4.78 is 0. The summed E-state index contributed by atoms with van der Waals surface area (Å²) in [7, 11) is 0. The zero-order valence-corrected chi connectivity index (χ0v) is 17.5. The van der Waals surface area contributed by atoms with Crippen molar-refractivity contribution in [3.8, 4) is 5.75 Å². The van der Waals surface area contributed by atoms with Gasteiger partial charge in [-0.2, -0.15) is 0 Å². The summed E-state index contributed by atoms with van der Waals surface area (Å²) in [5, 5.41) is 30.0. The number of carboxylic acid groups (broad SMARTS) is 1. The average molecular weight is 455 g/mol. The molecular weight excluding hydrogens is 438 g/mol. The Kier molecular flexibility index (Phi) is 4.86. The molecule has 2 heterocycles. The molecule has 1 aliphatic rings. The molecule has 1 atom stereocenters. The number of carbonyl (C=O) groups excluding carboxylic acids is 2. The summed E-state index contributed by atoms with van der Waals surface area (Å²) >= 11 is 0. The van der Waals surface area contributed by atoms with Crippen molar-refractivity contribution in [3.63, 3.8) is 0 Å². The van der Waals surface area contributed by atoms with Crippen LogP contribution in [0.2, 0.25) is 0 Å². The predicted molar refractivity (Wildman–Crippen MR) is 122 cm³/mol. The Labute approximate surface area is 192 Å². The van der Waals surface area contributed by atoms with Gasteiger partial charge in [0.2, 0.25) is 5.95 Å². The van der Waals surface area contributed by atoms with Crippen LogP contribution in [-0.2, 0) is 9.59 Å². The van der Waals surface area contributed by atoms with Crippen molar-refractivity contribution in [1.82, 2.24) is 9.97 Å². The number of nitrogens with zero attached hydrogens (tertiary/aromatic N) is 2. The molecule has 3 aromatic carbocycles. The lowest BCUT2D eigenvalue weighted by molar-refractivity contribution is -0.132. The Bertz CT molecular complexity index is 1490. The van der Waals surface area contributed by atoms with Crippen LogP contribution in [0.1, 0.15) is 27.5 Å². The first-order valence-electron chi connectivity index (χ1n) is 10.2. The highest BCUT2D eigenvalue weighted by atomic mass is 16.4. The number of benzene rings is 3.